The summed E-state index contributed by atoms with van der Waals surface area (Å²) >= 11 is 0. The minimum Gasteiger partial charge on any atom is -0.377 e. The quantitative estimate of drug-likeness (QED) is 0.467. The summed E-state index contributed by atoms with van der Waals surface area (Å²) in [4.78, 5) is 0. The molecule has 200 valence electrons. The van der Waals surface area contributed by atoms with Crippen LogP contribution in [0.15, 0.2) is 0 Å². The van der Waals surface area contributed by atoms with Gasteiger partial charge in [-0.2, -0.15) is 0 Å². The molecule has 6 atom stereocenters. The van der Waals surface area contributed by atoms with Gasteiger partial charge in [0.25, 0.3) is 0 Å². The van der Waals surface area contributed by atoms with E-state index in [9.17, 15) is 0 Å². The molecule has 1 heterocycles. The van der Waals surface area contributed by atoms with Gasteiger partial charge in [-0.05, 0) is 61.2 Å². The van der Waals surface area contributed by atoms with Crippen molar-refractivity contribution < 1.29 is 28.4 Å². The fraction of sp³-hybridized carbons (Fsp3) is 1.00. The highest BCUT2D eigenvalue weighted by Gasteiger charge is 2.38. The van der Waals surface area contributed by atoms with E-state index in [-0.39, 0.29) is 24.4 Å². The van der Waals surface area contributed by atoms with Gasteiger partial charge >= 0.3 is 0 Å². The largest absolute Gasteiger partial charge is 0.377 e. The SMILES string of the molecule is CC(C)(C)[C@@H]1CC[C@@H]2OCCOCCO[C@@H]3CC[C@@H](C(C)(C)C)C[C@H]3OCCOCCO[C@@H]2C1. The zero-order chi connectivity index (χ0) is 24.6. The Hall–Kier alpha value is -0.240. The molecule has 2 aliphatic carbocycles. The van der Waals surface area contributed by atoms with E-state index < -0.39 is 0 Å². The molecule has 3 rings (SSSR count). The lowest BCUT2D eigenvalue weighted by Crippen LogP contribution is -2.43. The highest BCUT2D eigenvalue weighted by atomic mass is 16.6. The molecule has 3 aliphatic rings. The lowest BCUT2D eigenvalue weighted by molar-refractivity contribution is -0.142. The second-order valence-corrected chi connectivity index (χ2v) is 12.6. The fourth-order valence-corrected chi connectivity index (χ4v) is 5.75. The molecular weight excluding hydrogens is 432 g/mol. The summed E-state index contributed by atoms with van der Waals surface area (Å²) in [7, 11) is 0. The van der Waals surface area contributed by atoms with Crippen LogP contribution in [0.2, 0.25) is 0 Å². The maximum atomic E-state index is 6.30. The van der Waals surface area contributed by atoms with Crippen molar-refractivity contribution in [3.63, 3.8) is 0 Å². The molecule has 34 heavy (non-hydrogen) atoms. The number of hydrogen-bond donors (Lipinski definition) is 0. The van der Waals surface area contributed by atoms with Crippen LogP contribution >= 0.6 is 0 Å². The van der Waals surface area contributed by atoms with Crippen LogP contribution in [-0.2, 0) is 28.4 Å². The second kappa shape index (κ2) is 13.3. The molecule has 1 aliphatic heterocycles. The van der Waals surface area contributed by atoms with Crippen LogP contribution in [0.1, 0.15) is 80.1 Å². The van der Waals surface area contributed by atoms with Crippen LogP contribution in [0.3, 0.4) is 0 Å². The summed E-state index contributed by atoms with van der Waals surface area (Å²) in [6.45, 7) is 18.8. The van der Waals surface area contributed by atoms with Crippen LogP contribution in [0.25, 0.3) is 0 Å². The van der Waals surface area contributed by atoms with E-state index in [1.165, 1.54) is 12.8 Å². The molecule has 2 saturated carbocycles. The van der Waals surface area contributed by atoms with Gasteiger partial charge in [0, 0.05) is 0 Å². The lowest BCUT2D eigenvalue weighted by Gasteiger charge is -2.41. The lowest BCUT2D eigenvalue weighted by atomic mass is 9.71. The Bertz CT molecular complexity index is 520. The van der Waals surface area contributed by atoms with Gasteiger partial charge in [0.15, 0.2) is 0 Å². The van der Waals surface area contributed by atoms with E-state index in [1.54, 1.807) is 0 Å². The van der Waals surface area contributed by atoms with E-state index in [2.05, 4.69) is 41.5 Å². The van der Waals surface area contributed by atoms with Gasteiger partial charge in [-0.25, -0.2) is 0 Å². The molecule has 0 radical (unpaired) electrons. The first-order valence-corrected chi connectivity index (χ1v) is 13.8. The smallest absolute Gasteiger partial charge is 0.0840 e. The highest BCUT2D eigenvalue weighted by molar-refractivity contribution is 4.88. The normalized spacial score (nSPS) is 36.5. The first-order valence-electron chi connectivity index (χ1n) is 13.8. The first-order chi connectivity index (χ1) is 16.1. The van der Waals surface area contributed by atoms with Crippen LogP contribution in [0, 0.1) is 22.7 Å². The predicted octanol–water partition coefficient (Wildman–Crippen LogP) is 5.27. The molecule has 0 amide bonds. The Morgan fingerprint density at radius 3 is 1.06 bits per heavy atom. The zero-order valence-corrected chi connectivity index (χ0v) is 22.8. The molecule has 0 spiro atoms. The molecule has 1 saturated heterocycles. The third-order valence-electron chi connectivity index (χ3n) is 8.15. The standard InChI is InChI=1S/C28H52O6/c1-27(2,3)21-7-9-23-25(19-21)33-17-13-30-14-18-34-26-20-22(28(4,5)6)8-10-24(26)32-16-12-29-11-15-31-23/h21-26H,7-20H2,1-6H3/t21-,22-,23-,24+,25-,26-/m1/s1. The van der Waals surface area contributed by atoms with E-state index >= 15 is 0 Å². The van der Waals surface area contributed by atoms with Gasteiger partial charge in [0.05, 0.1) is 77.3 Å². The second-order valence-electron chi connectivity index (χ2n) is 12.6. The van der Waals surface area contributed by atoms with Gasteiger partial charge in [0.1, 0.15) is 0 Å². The minimum atomic E-state index is 0.123. The molecule has 0 aromatic heterocycles. The molecule has 0 N–H and O–H groups in total. The zero-order valence-electron chi connectivity index (χ0n) is 22.8. The Kier molecular flexibility index (Phi) is 11.1. The molecule has 6 heteroatoms. The molecule has 3 fully saturated rings. The van der Waals surface area contributed by atoms with E-state index in [4.69, 9.17) is 28.4 Å². The van der Waals surface area contributed by atoms with Gasteiger partial charge in [-0.1, -0.05) is 41.5 Å². The minimum absolute atomic E-state index is 0.123. The third-order valence-corrected chi connectivity index (χ3v) is 8.15. The summed E-state index contributed by atoms with van der Waals surface area (Å²) in [6.07, 6.45) is 7.08. The molecule has 0 aromatic carbocycles. The molecule has 0 unspecified atom stereocenters. The average Bonchev–Trinajstić information content (AvgIpc) is 2.77. The van der Waals surface area contributed by atoms with Crippen LogP contribution < -0.4 is 0 Å². The van der Waals surface area contributed by atoms with Gasteiger partial charge < -0.3 is 28.4 Å². The van der Waals surface area contributed by atoms with Gasteiger partial charge in [-0.3, -0.25) is 0 Å². The highest BCUT2D eigenvalue weighted by Crippen LogP contribution is 2.41. The van der Waals surface area contributed by atoms with Crippen LogP contribution in [0.4, 0.5) is 0 Å². The van der Waals surface area contributed by atoms with Crippen molar-refractivity contribution in [2.45, 2.75) is 104 Å². The van der Waals surface area contributed by atoms with Crippen molar-refractivity contribution in [3.05, 3.63) is 0 Å². The maximum absolute atomic E-state index is 6.30. The number of ether oxygens (including phenoxy) is 6. The summed E-state index contributed by atoms with van der Waals surface area (Å²) in [5.41, 5.74) is 0.584. The monoisotopic (exact) mass is 484 g/mol. The van der Waals surface area contributed by atoms with E-state index in [0.29, 0.717) is 75.5 Å². The Labute approximate surface area is 208 Å². The van der Waals surface area contributed by atoms with E-state index in [1.807, 2.05) is 0 Å². The van der Waals surface area contributed by atoms with Gasteiger partial charge in [-0.15, -0.1) is 0 Å². The van der Waals surface area contributed by atoms with Crippen molar-refractivity contribution in [1.82, 2.24) is 0 Å². The van der Waals surface area contributed by atoms with Crippen molar-refractivity contribution in [2.75, 3.05) is 52.9 Å². The number of fused-ring (bicyclic) bond motifs is 2. The van der Waals surface area contributed by atoms with Crippen molar-refractivity contribution in [2.24, 2.45) is 22.7 Å². The predicted molar refractivity (Wildman–Crippen MR) is 134 cm³/mol. The molecular formula is C28H52O6. The van der Waals surface area contributed by atoms with E-state index in [0.717, 1.165) is 25.7 Å². The van der Waals surface area contributed by atoms with Crippen molar-refractivity contribution in [3.8, 4) is 0 Å². The summed E-state index contributed by atoms with van der Waals surface area (Å²) in [5.74, 6) is 1.30. The number of hydrogen-bond acceptors (Lipinski definition) is 6. The van der Waals surface area contributed by atoms with Crippen molar-refractivity contribution in [1.29, 1.82) is 0 Å². The van der Waals surface area contributed by atoms with Crippen molar-refractivity contribution >= 4 is 0 Å². The number of rotatable bonds is 0. The van der Waals surface area contributed by atoms with Crippen LogP contribution in [-0.4, -0.2) is 77.3 Å². The Morgan fingerprint density at radius 2 is 0.735 bits per heavy atom. The first kappa shape index (κ1) is 28.3. The maximum Gasteiger partial charge on any atom is 0.0840 e. The Balaban J connectivity index is 1.52. The average molecular weight is 485 g/mol. The topological polar surface area (TPSA) is 55.4 Å². The molecule has 0 aromatic rings. The van der Waals surface area contributed by atoms with Crippen LogP contribution in [0.5, 0.6) is 0 Å². The summed E-state index contributed by atoms with van der Waals surface area (Å²) < 4.78 is 36.8. The summed E-state index contributed by atoms with van der Waals surface area (Å²) in [6, 6.07) is 0. The Morgan fingerprint density at radius 1 is 0.412 bits per heavy atom. The molecule has 0 bridgehead atoms. The third kappa shape index (κ3) is 9.01. The molecule has 6 nitrogen and oxygen atoms in total. The van der Waals surface area contributed by atoms with Gasteiger partial charge in [0.2, 0.25) is 0 Å². The summed E-state index contributed by atoms with van der Waals surface area (Å²) in [5, 5.41) is 0. The fourth-order valence-electron chi connectivity index (χ4n) is 5.75.